The molecule has 1 aliphatic heterocycles. The lowest BCUT2D eigenvalue weighted by Crippen LogP contribution is -2.48. The Kier molecular flexibility index (Phi) is 7.68. The number of methoxy groups -OCH3 is 4. The van der Waals surface area contributed by atoms with Crippen molar-refractivity contribution in [3.05, 3.63) is 53.0 Å². The van der Waals surface area contributed by atoms with Crippen molar-refractivity contribution in [3.63, 3.8) is 0 Å². The minimum atomic E-state index is -3.64. The highest BCUT2D eigenvalue weighted by atomic mass is 32.2. The van der Waals surface area contributed by atoms with E-state index in [1.807, 2.05) is 23.6 Å². The summed E-state index contributed by atoms with van der Waals surface area (Å²) in [5.74, 6) is 2.35. The lowest BCUT2D eigenvalue weighted by Gasteiger charge is -2.33. The van der Waals surface area contributed by atoms with Crippen LogP contribution in [-0.4, -0.2) is 72.3 Å². The Bertz CT molecular complexity index is 1250. The molecule has 2 heterocycles. The molecule has 0 unspecified atom stereocenters. The van der Waals surface area contributed by atoms with Crippen LogP contribution in [0.1, 0.15) is 11.3 Å². The van der Waals surface area contributed by atoms with Crippen LogP contribution in [0.25, 0.3) is 0 Å². The minimum Gasteiger partial charge on any atom is -0.497 e. The maximum Gasteiger partial charge on any atom is 0.243 e. The van der Waals surface area contributed by atoms with Crippen LogP contribution in [0.5, 0.6) is 23.0 Å². The van der Waals surface area contributed by atoms with Crippen molar-refractivity contribution in [1.82, 2.24) is 9.29 Å². The molecule has 0 radical (unpaired) electrons. The third kappa shape index (κ3) is 5.47. The first-order valence-electron chi connectivity index (χ1n) is 11.0. The quantitative estimate of drug-likeness (QED) is 0.426. The molecule has 35 heavy (non-hydrogen) atoms. The summed E-state index contributed by atoms with van der Waals surface area (Å²) in [7, 11) is 2.62. The largest absolute Gasteiger partial charge is 0.497 e. The van der Waals surface area contributed by atoms with Crippen molar-refractivity contribution in [2.24, 2.45) is 0 Å². The number of piperazine rings is 1. The second-order valence-corrected chi connectivity index (χ2v) is 10.7. The Balaban J connectivity index is 1.42. The molecule has 11 heteroatoms. The van der Waals surface area contributed by atoms with Gasteiger partial charge in [-0.3, -0.25) is 0 Å². The highest BCUT2D eigenvalue weighted by Gasteiger charge is 2.30. The second-order valence-electron chi connectivity index (χ2n) is 7.93. The van der Waals surface area contributed by atoms with Gasteiger partial charge in [-0.05, 0) is 29.8 Å². The summed E-state index contributed by atoms with van der Waals surface area (Å²) in [4.78, 5) is 7.11. The molecule has 0 atom stereocenters. The van der Waals surface area contributed by atoms with Crippen molar-refractivity contribution in [2.45, 2.75) is 11.3 Å². The maximum absolute atomic E-state index is 13.2. The summed E-state index contributed by atoms with van der Waals surface area (Å²) in [6, 6.07) is 10.4. The third-order valence-corrected chi connectivity index (χ3v) is 8.68. The van der Waals surface area contributed by atoms with Crippen molar-refractivity contribution < 1.29 is 27.4 Å². The van der Waals surface area contributed by atoms with E-state index in [2.05, 4.69) is 4.90 Å². The fraction of sp³-hybridized carbons (Fsp3) is 0.375. The van der Waals surface area contributed by atoms with Gasteiger partial charge in [-0.25, -0.2) is 13.4 Å². The van der Waals surface area contributed by atoms with Gasteiger partial charge in [0.25, 0.3) is 0 Å². The number of aromatic nitrogens is 1. The number of benzene rings is 2. The van der Waals surface area contributed by atoms with E-state index in [9.17, 15) is 8.42 Å². The highest BCUT2D eigenvalue weighted by molar-refractivity contribution is 7.89. The van der Waals surface area contributed by atoms with Gasteiger partial charge in [0.15, 0.2) is 16.6 Å². The standard InChI is InChI=1S/C24H29N3O6S2/c1-30-19-12-17(13-20(14-19)31-2)11-18-16-34-24(25-18)26-7-9-27(10-8-26)35(28,29)21-5-6-22(32-3)23(15-21)33-4/h5-6,12-16H,7-11H2,1-4H3. The molecule has 0 spiro atoms. The lowest BCUT2D eigenvalue weighted by molar-refractivity contribution is 0.353. The van der Waals surface area contributed by atoms with E-state index in [1.54, 1.807) is 37.7 Å². The molecule has 0 amide bonds. The summed E-state index contributed by atoms with van der Waals surface area (Å²) in [5.41, 5.74) is 1.99. The first-order chi connectivity index (χ1) is 16.9. The molecule has 0 N–H and O–H groups in total. The summed E-state index contributed by atoms with van der Waals surface area (Å²) >= 11 is 1.56. The van der Waals surface area contributed by atoms with E-state index in [1.165, 1.54) is 24.6 Å². The van der Waals surface area contributed by atoms with Gasteiger partial charge in [0.2, 0.25) is 10.0 Å². The molecular formula is C24H29N3O6S2. The zero-order valence-corrected chi connectivity index (χ0v) is 21.8. The molecular weight excluding hydrogens is 490 g/mol. The molecule has 9 nitrogen and oxygen atoms in total. The first-order valence-corrected chi connectivity index (χ1v) is 13.3. The number of sulfonamides is 1. The van der Waals surface area contributed by atoms with Crippen LogP contribution in [0, 0.1) is 0 Å². The van der Waals surface area contributed by atoms with Gasteiger partial charge in [-0.1, -0.05) is 0 Å². The van der Waals surface area contributed by atoms with Crippen LogP contribution in [0.3, 0.4) is 0 Å². The predicted octanol–water partition coefficient (Wildman–Crippen LogP) is 3.28. The summed E-state index contributed by atoms with van der Waals surface area (Å²) < 4.78 is 49.1. The summed E-state index contributed by atoms with van der Waals surface area (Å²) in [5, 5.41) is 2.92. The molecule has 188 valence electrons. The van der Waals surface area contributed by atoms with Gasteiger partial charge in [0.1, 0.15) is 11.5 Å². The third-order valence-electron chi connectivity index (χ3n) is 5.84. The molecule has 0 bridgehead atoms. The van der Waals surface area contributed by atoms with E-state index in [0.717, 1.165) is 27.9 Å². The average molecular weight is 520 g/mol. The van der Waals surface area contributed by atoms with Gasteiger partial charge in [0.05, 0.1) is 39.0 Å². The number of thiazole rings is 1. The normalized spacial score (nSPS) is 14.6. The van der Waals surface area contributed by atoms with Gasteiger partial charge < -0.3 is 23.8 Å². The molecule has 1 aromatic heterocycles. The number of nitrogens with zero attached hydrogens (tertiary/aromatic N) is 3. The number of anilines is 1. The fourth-order valence-corrected chi connectivity index (χ4v) is 6.26. The predicted molar refractivity (Wildman–Crippen MR) is 135 cm³/mol. The van der Waals surface area contributed by atoms with E-state index < -0.39 is 10.0 Å². The van der Waals surface area contributed by atoms with Crippen molar-refractivity contribution in [3.8, 4) is 23.0 Å². The first kappa shape index (κ1) is 25.1. The molecule has 2 aromatic carbocycles. The van der Waals surface area contributed by atoms with E-state index in [0.29, 0.717) is 44.1 Å². The highest BCUT2D eigenvalue weighted by Crippen LogP contribution is 2.32. The van der Waals surface area contributed by atoms with E-state index in [-0.39, 0.29) is 4.90 Å². The molecule has 1 saturated heterocycles. The van der Waals surface area contributed by atoms with Crippen molar-refractivity contribution in [1.29, 1.82) is 0 Å². The zero-order chi connectivity index (χ0) is 25.0. The zero-order valence-electron chi connectivity index (χ0n) is 20.2. The van der Waals surface area contributed by atoms with Gasteiger partial charge in [-0.2, -0.15) is 4.31 Å². The second kappa shape index (κ2) is 10.7. The smallest absolute Gasteiger partial charge is 0.243 e. The van der Waals surface area contributed by atoms with Gasteiger partial charge >= 0.3 is 0 Å². The monoisotopic (exact) mass is 519 g/mol. The fourth-order valence-electron chi connectivity index (χ4n) is 3.95. The number of hydrogen-bond acceptors (Lipinski definition) is 9. The molecule has 3 aromatic rings. The lowest BCUT2D eigenvalue weighted by atomic mass is 10.1. The SMILES string of the molecule is COc1cc(Cc2csc(N3CCN(S(=O)(=O)c4ccc(OC)c(OC)c4)CC3)n2)cc(OC)c1. The van der Waals surface area contributed by atoms with Crippen molar-refractivity contribution in [2.75, 3.05) is 59.5 Å². The van der Waals surface area contributed by atoms with Crippen LogP contribution in [0.4, 0.5) is 5.13 Å². The van der Waals surface area contributed by atoms with Crippen LogP contribution in [0.2, 0.25) is 0 Å². The average Bonchev–Trinajstić information content (AvgIpc) is 3.36. The van der Waals surface area contributed by atoms with Crippen LogP contribution in [-0.2, 0) is 16.4 Å². The topological polar surface area (TPSA) is 90.4 Å². The number of ether oxygens (including phenoxy) is 4. The Morgan fingerprint density at radius 1 is 0.857 bits per heavy atom. The summed E-state index contributed by atoms with van der Waals surface area (Å²) in [6.45, 7) is 1.87. The Hall–Kier alpha value is -3.02. The van der Waals surface area contributed by atoms with Gasteiger partial charge in [0, 0.05) is 50.1 Å². The molecule has 4 rings (SSSR count). The van der Waals surface area contributed by atoms with Crippen molar-refractivity contribution >= 4 is 26.5 Å². The van der Waals surface area contributed by atoms with Crippen LogP contribution >= 0.6 is 11.3 Å². The minimum absolute atomic E-state index is 0.189. The Morgan fingerprint density at radius 3 is 2.11 bits per heavy atom. The molecule has 0 saturated carbocycles. The van der Waals surface area contributed by atoms with Crippen LogP contribution in [0.15, 0.2) is 46.7 Å². The number of rotatable bonds is 9. The van der Waals surface area contributed by atoms with E-state index in [4.69, 9.17) is 23.9 Å². The Labute approximate surface area is 209 Å². The Morgan fingerprint density at radius 2 is 1.51 bits per heavy atom. The number of hydrogen-bond donors (Lipinski definition) is 0. The van der Waals surface area contributed by atoms with E-state index >= 15 is 0 Å². The van der Waals surface area contributed by atoms with Gasteiger partial charge in [-0.15, -0.1) is 11.3 Å². The molecule has 1 aliphatic rings. The molecule has 0 aliphatic carbocycles. The van der Waals surface area contributed by atoms with Crippen LogP contribution < -0.4 is 23.8 Å². The summed E-state index contributed by atoms with van der Waals surface area (Å²) in [6.07, 6.45) is 0.651. The maximum atomic E-state index is 13.2. The molecule has 1 fully saturated rings.